The summed E-state index contributed by atoms with van der Waals surface area (Å²) in [5.74, 6) is 1.78. The SMILES string of the molecule is CN1CCc2c(cccc2Oc2ccc(OS(C)(=O)=O)cc2)C1. The van der Waals surface area contributed by atoms with Gasteiger partial charge in [0.25, 0.3) is 0 Å². The molecule has 0 saturated carbocycles. The molecule has 2 aromatic carbocycles. The first-order valence-electron chi connectivity index (χ1n) is 7.37. The van der Waals surface area contributed by atoms with E-state index in [-0.39, 0.29) is 5.75 Å². The van der Waals surface area contributed by atoms with Gasteiger partial charge >= 0.3 is 10.1 Å². The summed E-state index contributed by atoms with van der Waals surface area (Å²) in [7, 11) is -1.40. The fraction of sp³-hybridized carbons (Fsp3) is 0.294. The standard InChI is InChI=1S/C17H19NO4S/c1-18-11-10-16-13(12-18)4-3-5-17(16)21-14-6-8-15(9-7-14)22-23(2,19)20/h3-9H,10-12H2,1-2H3. The van der Waals surface area contributed by atoms with Gasteiger partial charge in [0.05, 0.1) is 6.26 Å². The lowest BCUT2D eigenvalue weighted by Crippen LogP contribution is -2.26. The van der Waals surface area contributed by atoms with E-state index in [9.17, 15) is 8.42 Å². The molecule has 0 spiro atoms. The summed E-state index contributed by atoms with van der Waals surface area (Å²) < 4.78 is 33.0. The van der Waals surface area contributed by atoms with Gasteiger partial charge < -0.3 is 13.8 Å². The lowest BCUT2D eigenvalue weighted by molar-refractivity contribution is 0.309. The maximum Gasteiger partial charge on any atom is 0.306 e. The van der Waals surface area contributed by atoms with E-state index in [1.165, 1.54) is 11.1 Å². The molecule has 1 heterocycles. The van der Waals surface area contributed by atoms with Gasteiger partial charge in [-0.2, -0.15) is 8.42 Å². The van der Waals surface area contributed by atoms with Gasteiger partial charge in [0.2, 0.25) is 0 Å². The molecular formula is C17H19NO4S. The number of likely N-dealkylation sites (N-methyl/N-ethyl adjacent to an activating group) is 1. The third-order valence-electron chi connectivity index (χ3n) is 3.71. The average Bonchev–Trinajstić information content (AvgIpc) is 2.48. The van der Waals surface area contributed by atoms with Crippen molar-refractivity contribution >= 4 is 10.1 Å². The van der Waals surface area contributed by atoms with Crippen LogP contribution in [-0.2, 0) is 23.1 Å². The molecule has 1 aliphatic rings. The van der Waals surface area contributed by atoms with Gasteiger partial charge in [0.1, 0.15) is 17.2 Å². The lowest BCUT2D eigenvalue weighted by Gasteiger charge is -2.26. The zero-order valence-corrected chi connectivity index (χ0v) is 14.0. The van der Waals surface area contributed by atoms with Gasteiger partial charge in [0.15, 0.2) is 0 Å². The van der Waals surface area contributed by atoms with E-state index in [0.29, 0.717) is 5.75 Å². The molecule has 0 atom stereocenters. The lowest BCUT2D eigenvalue weighted by atomic mass is 9.99. The summed E-state index contributed by atoms with van der Waals surface area (Å²) in [5.41, 5.74) is 2.52. The second-order valence-corrected chi connectivity index (χ2v) is 7.32. The third-order valence-corrected chi connectivity index (χ3v) is 4.21. The minimum absolute atomic E-state index is 0.275. The molecule has 0 N–H and O–H groups in total. The Labute approximate surface area is 136 Å². The van der Waals surface area contributed by atoms with E-state index in [1.54, 1.807) is 24.3 Å². The minimum atomic E-state index is -3.51. The summed E-state index contributed by atoms with van der Waals surface area (Å²) in [6.45, 7) is 1.93. The van der Waals surface area contributed by atoms with Crippen LogP contribution >= 0.6 is 0 Å². The molecule has 0 bridgehead atoms. The van der Waals surface area contributed by atoms with Gasteiger partial charge in [-0.05, 0) is 49.4 Å². The Hall–Kier alpha value is -2.05. The monoisotopic (exact) mass is 333 g/mol. The van der Waals surface area contributed by atoms with Crippen LogP contribution in [0.2, 0.25) is 0 Å². The first-order valence-corrected chi connectivity index (χ1v) is 9.19. The van der Waals surface area contributed by atoms with Crippen molar-refractivity contribution in [1.82, 2.24) is 4.90 Å². The summed E-state index contributed by atoms with van der Waals surface area (Å²) >= 11 is 0. The molecule has 0 radical (unpaired) electrons. The minimum Gasteiger partial charge on any atom is -0.457 e. The van der Waals surface area contributed by atoms with Crippen molar-refractivity contribution < 1.29 is 17.3 Å². The van der Waals surface area contributed by atoms with Gasteiger partial charge in [-0.15, -0.1) is 0 Å². The van der Waals surface area contributed by atoms with Crippen molar-refractivity contribution in [3.05, 3.63) is 53.6 Å². The normalized spacial score (nSPS) is 15.0. The van der Waals surface area contributed by atoms with Crippen LogP contribution in [0.25, 0.3) is 0 Å². The summed E-state index contributed by atoms with van der Waals surface area (Å²) in [4.78, 5) is 2.28. The number of ether oxygens (including phenoxy) is 1. The number of rotatable bonds is 4. The molecule has 0 aromatic heterocycles. The topological polar surface area (TPSA) is 55.8 Å². The molecule has 6 heteroatoms. The van der Waals surface area contributed by atoms with Gasteiger partial charge in [-0.3, -0.25) is 0 Å². The van der Waals surface area contributed by atoms with E-state index in [2.05, 4.69) is 18.0 Å². The summed E-state index contributed by atoms with van der Waals surface area (Å²) in [5, 5.41) is 0. The van der Waals surface area contributed by atoms with Crippen LogP contribution < -0.4 is 8.92 Å². The Balaban J connectivity index is 1.79. The molecule has 0 aliphatic carbocycles. The number of benzene rings is 2. The van der Waals surface area contributed by atoms with Crippen LogP contribution in [0.4, 0.5) is 0 Å². The predicted molar refractivity (Wildman–Crippen MR) is 88.5 cm³/mol. The molecular weight excluding hydrogens is 314 g/mol. The summed E-state index contributed by atoms with van der Waals surface area (Å²) in [6.07, 6.45) is 1.97. The molecule has 0 unspecified atom stereocenters. The van der Waals surface area contributed by atoms with E-state index in [4.69, 9.17) is 8.92 Å². The van der Waals surface area contributed by atoms with Crippen molar-refractivity contribution in [3.63, 3.8) is 0 Å². The fourth-order valence-electron chi connectivity index (χ4n) is 2.68. The first-order chi connectivity index (χ1) is 10.9. The summed E-state index contributed by atoms with van der Waals surface area (Å²) in [6, 6.07) is 12.7. The highest BCUT2D eigenvalue weighted by atomic mass is 32.2. The average molecular weight is 333 g/mol. The number of nitrogens with zero attached hydrogens (tertiary/aromatic N) is 1. The van der Waals surface area contributed by atoms with E-state index >= 15 is 0 Å². The number of hydrogen-bond acceptors (Lipinski definition) is 5. The Morgan fingerprint density at radius 3 is 2.43 bits per heavy atom. The van der Waals surface area contributed by atoms with E-state index in [0.717, 1.165) is 31.5 Å². The van der Waals surface area contributed by atoms with Crippen molar-refractivity contribution in [2.45, 2.75) is 13.0 Å². The zero-order valence-electron chi connectivity index (χ0n) is 13.2. The fourth-order valence-corrected chi connectivity index (χ4v) is 3.14. The van der Waals surface area contributed by atoms with Crippen molar-refractivity contribution in [2.75, 3.05) is 19.8 Å². The maximum atomic E-state index is 11.1. The molecule has 122 valence electrons. The number of fused-ring (bicyclic) bond motifs is 1. The molecule has 0 fully saturated rings. The molecule has 3 rings (SSSR count). The molecule has 2 aromatic rings. The van der Waals surface area contributed by atoms with Crippen LogP contribution in [0, 0.1) is 0 Å². The van der Waals surface area contributed by atoms with Crippen molar-refractivity contribution in [1.29, 1.82) is 0 Å². The Morgan fingerprint density at radius 2 is 1.74 bits per heavy atom. The smallest absolute Gasteiger partial charge is 0.306 e. The van der Waals surface area contributed by atoms with Crippen molar-refractivity contribution in [2.24, 2.45) is 0 Å². The molecule has 5 nitrogen and oxygen atoms in total. The largest absolute Gasteiger partial charge is 0.457 e. The zero-order chi connectivity index (χ0) is 16.4. The highest BCUT2D eigenvalue weighted by Gasteiger charge is 2.17. The van der Waals surface area contributed by atoms with E-state index in [1.807, 2.05) is 12.1 Å². The Kier molecular flexibility index (Phi) is 4.28. The Bertz CT molecular complexity index is 800. The van der Waals surface area contributed by atoms with Crippen LogP contribution in [0.3, 0.4) is 0 Å². The predicted octanol–water partition coefficient (Wildman–Crippen LogP) is 2.81. The quantitative estimate of drug-likeness (QED) is 0.805. The molecule has 0 amide bonds. The highest BCUT2D eigenvalue weighted by molar-refractivity contribution is 7.86. The van der Waals surface area contributed by atoms with Crippen molar-refractivity contribution in [3.8, 4) is 17.2 Å². The first kappa shape index (κ1) is 15.8. The van der Waals surface area contributed by atoms with Crippen LogP contribution in [0.1, 0.15) is 11.1 Å². The highest BCUT2D eigenvalue weighted by Crippen LogP contribution is 2.31. The number of hydrogen-bond donors (Lipinski definition) is 0. The van der Waals surface area contributed by atoms with E-state index < -0.39 is 10.1 Å². The molecule has 0 saturated heterocycles. The van der Waals surface area contributed by atoms with Gasteiger partial charge in [-0.1, -0.05) is 12.1 Å². The van der Waals surface area contributed by atoms with Gasteiger partial charge in [0, 0.05) is 18.7 Å². The second kappa shape index (κ2) is 6.22. The van der Waals surface area contributed by atoms with Crippen LogP contribution in [0.15, 0.2) is 42.5 Å². The third kappa shape index (κ3) is 4.03. The molecule has 23 heavy (non-hydrogen) atoms. The van der Waals surface area contributed by atoms with Crippen LogP contribution in [0.5, 0.6) is 17.2 Å². The Morgan fingerprint density at radius 1 is 1.04 bits per heavy atom. The second-order valence-electron chi connectivity index (χ2n) is 5.74. The maximum absolute atomic E-state index is 11.1. The molecule has 1 aliphatic heterocycles. The van der Waals surface area contributed by atoms with Crippen LogP contribution in [-0.4, -0.2) is 33.2 Å². The van der Waals surface area contributed by atoms with Gasteiger partial charge in [-0.25, -0.2) is 0 Å².